The second kappa shape index (κ2) is 10.2. The fraction of sp³-hybridized carbons (Fsp3) is 0.300. The highest BCUT2D eigenvalue weighted by Crippen LogP contribution is 2.23. The second-order valence-electron chi connectivity index (χ2n) is 6.71. The zero-order chi connectivity index (χ0) is 21.6. The summed E-state index contributed by atoms with van der Waals surface area (Å²) in [6.07, 6.45) is 2.82. The van der Waals surface area contributed by atoms with E-state index in [2.05, 4.69) is 10.6 Å². The number of benzene rings is 2. The number of amides is 1. The molecule has 0 radical (unpaired) electrons. The van der Waals surface area contributed by atoms with Gasteiger partial charge in [-0.1, -0.05) is 30.2 Å². The highest BCUT2D eigenvalue weighted by molar-refractivity contribution is 7.89. The molecule has 0 atom stereocenters. The summed E-state index contributed by atoms with van der Waals surface area (Å²) in [7, 11) is -3.49. The SMILES string of the molecule is O=C(COc1ccccc1Cl)NC(=S)Nc1ccc(S(=O)(=O)N2CCCCC2)cc1. The summed E-state index contributed by atoms with van der Waals surface area (Å²) in [6.45, 7) is 0.849. The zero-order valence-corrected chi connectivity index (χ0v) is 18.5. The van der Waals surface area contributed by atoms with E-state index in [9.17, 15) is 13.2 Å². The highest BCUT2D eigenvalue weighted by atomic mass is 35.5. The van der Waals surface area contributed by atoms with Crippen LogP contribution in [0, 0.1) is 0 Å². The summed E-state index contributed by atoms with van der Waals surface area (Å²) >= 11 is 11.1. The van der Waals surface area contributed by atoms with Gasteiger partial charge in [0.05, 0.1) is 9.92 Å². The minimum atomic E-state index is -3.49. The van der Waals surface area contributed by atoms with E-state index >= 15 is 0 Å². The van der Waals surface area contributed by atoms with Crippen molar-refractivity contribution >= 4 is 50.5 Å². The van der Waals surface area contributed by atoms with Gasteiger partial charge in [-0.2, -0.15) is 4.31 Å². The van der Waals surface area contributed by atoms with Gasteiger partial charge in [-0.15, -0.1) is 0 Å². The van der Waals surface area contributed by atoms with Crippen LogP contribution in [0.1, 0.15) is 19.3 Å². The van der Waals surface area contributed by atoms with Crippen molar-refractivity contribution in [2.24, 2.45) is 0 Å². The van der Waals surface area contributed by atoms with Crippen LogP contribution >= 0.6 is 23.8 Å². The summed E-state index contributed by atoms with van der Waals surface area (Å²) in [6, 6.07) is 13.1. The van der Waals surface area contributed by atoms with Gasteiger partial charge in [0.15, 0.2) is 11.7 Å². The van der Waals surface area contributed by atoms with Gasteiger partial charge in [-0.3, -0.25) is 10.1 Å². The molecular formula is C20H22ClN3O4S2. The number of nitrogens with one attached hydrogen (secondary N) is 2. The van der Waals surface area contributed by atoms with Crippen molar-refractivity contribution in [3.8, 4) is 5.75 Å². The van der Waals surface area contributed by atoms with Crippen LogP contribution in [-0.2, 0) is 14.8 Å². The Kier molecular flexibility index (Phi) is 7.65. The normalized spacial score (nSPS) is 14.7. The molecule has 10 heteroatoms. The molecule has 0 unspecified atom stereocenters. The number of rotatable bonds is 6. The molecule has 1 amide bonds. The maximum Gasteiger partial charge on any atom is 0.264 e. The number of ether oxygens (including phenoxy) is 1. The van der Waals surface area contributed by atoms with Gasteiger partial charge < -0.3 is 10.1 Å². The lowest BCUT2D eigenvalue weighted by Gasteiger charge is -2.25. The first kappa shape index (κ1) is 22.5. The summed E-state index contributed by atoms with van der Waals surface area (Å²) < 4.78 is 32.2. The Hall–Kier alpha value is -2.20. The minimum Gasteiger partial charge on any atom is -0.482 e. The Morgan fingerprint density at radius 1 is 1.07 bits per heavy atom. The van der Waals surface area contributed by atoms with Gasteiger partial charge in [0.25, 0.3) is 5.91 Å². The molecule has 1 fully saturated rings. The van der Waals surface area contributed by atoms with Gasteiger partial charge in [0.1, 0.15) is 5.75 Å². The number of carbonyl (C=O) groups is 1. The fourth-order valence-electron chi connectivity index (χ4n) is 2.99. The summed E-state index contributed by atoms with van der Waals surface area (Å²) in [5.41, 5.74) is 0.560. The van der Waals surface area contributed by atoms with Gasteiger partial charge >= 0.3 is 0 Å². The molecule has 0 aliphatic carbocycles. The Balaban J connectivity index is 1.51. The first-order valence-corrected chi connectivity index (χ1v) is 11.7. The molecule has 1 aliphatic heterocycles. The van der Waals surface area contributed by atoms with Crippen LogP contribution in [0.2, 0.25) is 5.02 Å². The lowest BCUT2D eigenvalue weighted by atomic mass is 10.2. The average Bonchev–Trinajstić information content (AvgIpc) is 2.74. The number of hydrogen-bond donors (Lipinski definition) is 2. The first-order chi connectivity index (χ1) is 14.4. The van der Waals surface area contributed by atoms with E-state index in [4.69, 9.17) is 28.6 Å². The number of nitrogens with zero attached hydrogens (tertiary/aromatic N) is 1. The van der Waals surface area contributed by atoms with Crippen LogP contribution in [0.4, 0.5) is 5.69 Å². The van der Waals surface area contributed by atoms with Gasteiger partial charge in [-0.25, -0.2) is 8.42 Å². The summed E-state index contributed by atoms with van der Waals surface area (Å²) in [5, 5.41) is 5.84. The third kappa shape index (κ3) is 5.91. The number of piperidine rings is 1. The van der Waals surface area contributed by atoms with Gasteiger partial charge in [-0.05, 0) is 61.5 Å². The number of sulfonamides is 1. The third-order valence-electron chi connectivity index (χ3n) is 4.51. The molecule has 3 rings (SSSR count). The molecule has 2 aromatic rings. The van der Waals surface area contributed by atoms with E-state index < -0.39 is 15.9 Å². The van der Waals surface area contributed by atoms with Gasteiger partial charge in [0, 0.05) is 18.8 Å². The fourth-order valence-corrected chi connectivity index (χ4v) is 4.93. The van der Waals surface area contributed by atoms with E-state index in [0.29, 0.717) is 29.5 Å². The predicted octanol–water partition coefficient (Wildman–Crippen LogP) is 3.41. The maximum atomic E-state index is 12.7. The molecule has 30 heavy (non-hydrogen) atoms. The second-order valence-corrected chi connectivity index (χ2v) is 9.46. The van der Waals surface area contributed by atoms with Crippen molar-refractivity contribution in [3.63, 3.8) is 0 Å². The predicted molar refractivity (Wildman–Crippen MR) is 120 cm³/mol. The number of anilines is 1. The standard InChI is InChI=1S/C20H22ClN3O4S2/c21-17-6-2-3-7-18(17)28-14-19(25)23-20(29)22-15-8-10-16(11-9-15)30(26,27)24-12-4-1-5-13-24/h2-3,6-11H,1,4-5,12-14H2,(H2,22,23,25,29). The Bertz CT molecular complexity index is 1010. The number of carbonyl (C=O) groups excluding carboxylic acids is 1. The molecule has 2 aromatic carbocycles. The summed E-state index contributed by atoms with van der Waals surface area (Å²) in [5.74, 6) is -0.0459. The van der Waals surface area contributed by atoms with Crippen LogP contribution in [-0.4, -0.2) is 43.4 Å². The van der Waals surface area contributed by atoms with Crippen LogP contribution < -0.4 is 15.4 Å². The minimum absolute atomic E-state index is 0.0781. The van der Waals surface area contributed by atoms with Crippen LogP contribution in [0.5, 0.6) is 5.75 Å². The van der Waals surface area contributed by atoms with E-state index in [1.54, 1.807) is 36.4 Å². The first-order valence-electron chi connectivity index (χ1n) is 9.44. The van der Waals surface area contributed by atoms with E-state index in [1.165, 1.54) is 16.4 Å². The van der Waals surface area contributed by atoms with E-state index in [-0.39, 0.29) is 16.6 Å². The molecule has 7 nitrogen and oxygen atoms in total. The number of para-hydroxylation sites is 1. The highest BCUT2D eigenvalue weighted by Gasteiger charge is 2.25. The van der Waals surface area contributed by atoms with Crippen molar-refractivity contribution in [1.29, 1.82) is 0 Å². The monoisotopic (exact) mass is 467 g/mol. The van der Waals surface area contributed by atoms with Crippen LogP contribution in [0.3, 0.4) is 0 Å². The molecule has 0 aromatic heterocycles. The Labute approximate surface area is 186 Å². The molecule has 160 valence electrons. The number of thiocarbonyl (C=S) groups is 1. The quantitative estimate of drug-likeness (QED) is 0.633. The molecule has 0 spiro atoms. The molecule has 1 heterocycles. The lowest BCUT2D eigenvalue weighted by Crippen LogP contribution is -2.37. The van der Waals surface area contributed by atoms with Crippen molar-refractivity contribution in [2.45, 2.75) is 24.2 Å². The van der Waals surface area contributed by atoms with Crippen LogP contribution in [0.15, 0.2) is 53.4 Å². The average molecular weight is 468 g/mol. The zero-order valence-electron chi connectivity index (χ0n) is 16.1. The lowest BCUT2D eigenvalue weighted by molar-refractivity contribution is -0.121. The van der Waals surface area contributed by atoms with Crippen molar-refractivity contribution < 1.29 is 17.9 Å². The molecule has 2 N–H and O–H groups in total. The van der Waals surface area contributed by atoms with Crippen LogP contribution in [0.25, 0.3) is 0 Å². The third-order valence-corrected chi connectivity index (χ3v) is 6.94. The van der Waals surface area contributed by atoms with Crippen molar-refractivity contribution in [3.05, 3.63) is 53.6 Å². The van der Waals surface area contributed by atoms with E-state index in [0.717, 1.165) is 19.3 Å². The molecule has 1 saturated heterocycles. The smallest absolute Gasteiger partial charge is 0.264 e. The Morgan fingerprint density at radius 3 is 2.40 bits per heavy atom. The topological polar surface area (TPSA) is 87.7 Å². The van der Waals surface area contributed by atoms with Crippen molar-refractivity contribution in [2.75, 3.05) is 25.0 Å². The van der Waals surface area contributed by atoms with Gasteiger partial charge in [0.2, 0.25) is 10.0 Å². The van der Waals surface area contributed by atoms with E-state index in [1.807, 2.05) is 0 Å². The number of hydrogen-bond acceptors (Lipinski definition) is 5. The molecule has 0 bridgehead atoms. The van der Waals surface area contributed by atoms with Crippen molar-refractivity contribution in [1.82, 2.24) is 9.62 Å². The summed E-state index contributed by atoms with van der Waals surface area (Å²) in [4.78, 5) is 12.2. The number of halogens is 1. The maximum absolute atomic E-state index is 12.7. The Morgan fingerprint density at radius 2 is 1.73 bits per heavy atom. The molecular weight excluding hydrogens is 446 g/mol. The molecule has 0 saturated carbocycles. The molecule has 1 aliphatic rings. The largest absolute Gasteiger partial charge is 0.482 e.